The number of nitrogens with one attached hydrogen (secondary N) is 2. The van der Waals surface area contributed by atoms with E-state index in [4.69, 9.17) is 23.8 Å². The van der Waals surface area contributed by atoms with Crippen molar-refractivity contribution in [3.05, 3.63) is 101 Å². The molecule has 0 aliphatic carbocycles. The Kier molecular flexibility index (Phi) is 6.00. The molecule has 0 amide bonds. The summed E-state index contributed by atoms with van der Waals surface area (Å²) >= 11 is 11.5. The molecule has 5 heteroatoms. The van der Waals surface area contributed by atoms with Crippen LogP contribution in [0.1, 0.15) is 21.5 Å². The van der Waals surface area contributed by atoms with E-state index in [-0.39, 0.29) is 5.78 Å². The summed E-state index contributed by atoms with van der Waals surface area (Å²) in [6.07, 6.45) is 0. The van der Waals surface area contributed by atoms with Gasteiger partial charge in [-0.05, 0) is 36.0 Å². The molecular weight excluding hydrogens is 364 g/mol. The van der Waals surface area contributed by atoms with Crippen LogP contribution >= 0.6 is 23.8 Å². The largest absolute Gasteiger partial charge is 0.358 e. The summed E-state index contributed by atoms with van der Waals surface area (Å²) in [4.78, 5) is 12.8. The second-order valence-electron chi connectivity index (χ2n) is 5.68. The topological polar surface area (TPSA) is 41.1 Å². The molecule has 3 nitrogen and oxygen atoms in total. The fourth-order valence-corrected chi connectivity index (χ4v) is 2.86. The summed E-state index contributed by atoms with van der Waals surface area (Å²) in [5, 5.41) is 7.18. The van der Waals surface area contributed by atoms with Gasteiger partial charge in [0.15, 0.2) is 10.9 Å². The van der Waals surface area contributed by atoms with Gasteiger partial charge in [-0.2, -0.15) is 0 Å². The molecule has 0 heterocycles. The van der Waals surface area contributed by atoms with Crippen molar-refractivity contribution < 1.29 is 4.79 Å². The summed E-state index contributed by atoms with van der Waals surface area (Å²) in [5.41, 5.74) is 2.82. The van der Waals surface area contributed by atoms with E-state index in [1.54, 1.807) is 30.3 Å². The highest BCUT2D eigenvalue weighted by atomic mass is 35.5. The van der Waals surface area contributed by atoms with Crippen LogP contribution in [-0.4, -0.2) is 10.9 Å². The molecule has 0 aliphatic rings. The molecule has 0 radical (unpaired) electrons. The molecule has 0 saturated heterocycles. The van der Waals surface area contributed by atoms with Crippen LogP contribution in [0.25, 0.3) is 0 Å². The lowest BCUT2D eigenvalue weighted by Gasteiger charge is -2.14. The molecule has 0 saturated carbocycles. The highest BCUT2D eigenvalue weighted by Gasteiger charge is 2.15. The van der Waals surface area contributed by atoms with Crippen molar-refractivity contribution in [3.63, 3.8) is 0 Å². The van der Waals surface area contributed by atoms with Gasteiger partial charge in [-0.1, -0.05) is 72.3 Å². The van der Waals surface area contributed by atoms with Gasteiger partial charge >= 0.3 is 0 Å². The smallest absolute Gasteiger partial charge is 0.195 e. The van der Waals surface area contributed by atoms with Crippen LogP contribution in [0.2, 0.25) is 5.02 Å². The minimum atomic E-state index is -0.110. The van der Waals surface area contributed by atoms with Crippen molar-refractivity contribution in [1.82, 2.24) is 5.32 Å². The van der Waals surface area contributed by atoms with Crippen LogP contribution in [-0.2, 0) is 6.54 Å². The van der Waals surface area contributed by atoms with Crippen molar-refractivity contribution in [1.29, 1.82) is 0 Å². The second-order valence-corrected chi connectivity index (χ2v) is 6.52. The molecule has 0 atom stereocenters. The van der Waals surface area contributed by atoms with Crippen molar-refractivity contribution in [2.24, 2.45) is 0 Å². The Morgan fingerprint density at radius 3 is 2.27 bits per heavy atom. The Labute approximate surface area is 163 Å². The highest BCUT2D eigenvalue weighted by molar-refractivity contribution is 7.80. The first kappa shape index (κ1) is 18.1. The normalized spacial score (nSPS) is 10.2. The molecule has 3 rings (SSSR count). The van der Waals surface area contributed by atoms with E-state index in [1.807, 2.05) is 48.5 Å². The fourth-order valence-electron chi connectivity index (χ4n) is 2.50. The number of halogens is 1. The molecule has 0 spiro atoms. The number of hydrogen-bond donors (Lipinski definition) is 2. The number of hydrogen-bond acceptors (Lipinski definition) is 2. The Balaban J connectivity index is 1.75. The van der Waals surface area contributed by atoms with Gasteiger partial charge in [-0.25, -0.2) is 0 Å². The van der Waals surface area contributed by atoms with E-state index in [2.05, 4.69) is 10.6 Å². The van der Waals surface area contributed by atoms with Gasteiger partial charge in [0.05, 0.1) is 5.69 Å². The molecule has 0 bridgehead atoms. The number of rotatable bonds is 5. The summed E-state index contributed by atoms with van der Waals surface area (Å²) in [6, 6.07) is 24.2. The average Bonchev–Trinajstić information content (AvgIpc) is 2.69. The lowest BCUT2D eigenvalue weighted by atomic mass is 10.0. The van der Waals surface area contributed by atoms with Gasteiger partial charge in [0, 0.05) is 22.7 Å². The molecule has 130 valence electrons. The Morgan fingerprint density at radius 1 is 0.923 bits per heavy atom. The van der Waals surface area contributed by atoms with Gasteiger partial charge in [0.1, 0.15) is 0 Å². The van der Waals surface area contributed by atoms with Crippen LogP contribution in [0.3, 0.4) is 0 Å². The first-order chi connectivity index (χ1) is 12.6. The van der Waals surface area contributed by atoms with E-state index >= 15 is 0 Å². The van der Waals surface area contributed by atoms with E-state index < -0.39 is 0 Å². The molecular formula is C21H17ClN2OS. The maximum absolute atomic E-state index is 12.8. The standard InChI is InChI=1S/C21H17ClN2OS/c22-17-11-12-19(18(13-17)20(25)16-9-5-2-6-10-16)24-21(26)23-14-15-7-3-1-4-8-15/h1-13H,14H2,(H2,23,24,26). The van der Waals surface area contributed by atoms with Crippen LogP contribution in [0.4, 0.5) is 5.69 Å². The zero-order chi connectivity index (χ0) is 18.4. The third-order valence-corrected chi connectivity index (χ3v) is 4.29. The number of ketones is 1. The van der Waals surface area contributed by atoms with E-state index in [1.165, 1.54) is 0 Å². The number of benzene rings is 3. The van der Waals surface area contributed by atoms with Gasteiger partial charge in [-0.15, -0.1) is 0 Å². The van der Waals surface area contributed by atoms with Crippen molar-refractivity contribution in [2.75, 3.05) is 5.32 Å². The van der Waals surface area contributed by atoms with Gasteiger partial charge < -0.3 is 10.6 Å². The minimum absolute atomic E-state index is 0.110. The molecule has 0 aromatic heterocycles. The summed E-state index contributed by atoms with van der Waals surface area (Å²) in [5.74, 6) is -0.110. The van der Waals surface area contributed by atoms with Gasteiger partial charge in [0.25, 0.3) is 0 Å². The summed E-state index contributed by atoms with van der Waals surface area (Å²) < 4.78 is 0. The molecule has 3 aromatic carbocycles. The second kappa shape index (κ2) is 8.61. The van der Waals surface area contributed by atoms with Crippen LogP contribution < -0.4 is 10.6 Å². The number of carbonyl (C=O) groups excluding carboxylic acids is 1. The molecule has 26 heavy (non-hydrogen) atoms. The third-order valence-electron chi connectivity index (χ3n) is 3.81. The molecule has 3 aromatic rings. The molecule has 0 fully saturated rings. The third kappa shape index (κ3) is 4.69. The predicted molar refractivity (Wildman–Crippen MR) is 111 cm³/mol. The van der Waals surface area contributed by atoms with Crippen molar-refractivity contribution in [3.8, 4) is 0 Å². The SMILES string of the molecule is O=C(c1ccccc1)c1cc(Cl)ccc1NC(=S)NCc1ccccc1. The zero-order valence-corrected chi connectivity index (χ0v) is 15.5. The minimum Gasteiger partial charge on any atom is -0.358 e. The molecule has 0 unspecified atom stereocenters. The number of carbonyl (C=O) groups is 1. The quantitative estimate of drug-likeness (QED) is 0.479. The Bertz CT molecular complexity index is 914. The molecule has 2 N–H and O–H groups in total. The first-order valence-corrected chi connectivity index (χ1v) is 8.90. The zero-order valence-electron chi connectivity index (χ0n) is 13.9. The average molecular weight is 381 g/mol. The van der Waals surface area contributed by atoms with Gasteiger partial charge in [-0.3, -0.25) is 4.79 Å². The maximum atomic E-state index is 12.8. The van der Waals surface area contributed by atoms with Gasteiger partial charge in [0.2, 0.25) is 0 Å². The summed E-state index contributed by atoms with van der Waals surface area (Å²) in [7, 11) is 0. The maximum Gasteiger partial charge on any atom is 0.195 e. The lowest BCUT2D eigenvalue weighted by Crippen LogP contribution is -2.28. The highest BCUT2D eigenvalue weighted by Crippen LogP contribution is 2.23. The monoisotopic (exact) mass is 380 g/mol. The summed E-state index contributed by atoms with van der Waals surface area (Å²) in [6.45, 7) is 0.599. The van der Waals surface area contributed by atoms with E-state index in [0.717, 1.165) is 5.56 Å². The van der Waals surface area contributed by atoms with Crippen LogP contribution in [0.15, 0.2) is 78.9 Å². The van der Waals surface area contributed by atoms with Crippen LogP contribution in [0, 0.1) is 0 Å². The van der Waals surface area contributed by atoms with E-state index in [0.29, 0.717) is 33.5 Å². The predicted octanol–water partition coefficient (Wildman–Crippen LogP) is 5.06. The van der Waals surface area contributed by atoms with Crippen LogP contribution in [0.5, 0.6) is 0 Å². The van der Waals surface area contributed by atoms with Crippen molar-refractivity contribution >= 4 is 40.4 Å². The molecule has 0 aliphatic heterocycles. The first-order valence-electron chi connectivity index (χ1n) is 8.11. The number of thiocarbonyl (C=S) groups is 1. The lowest BCUT2D eigenvalue weighted by molar-refractivity contribution is 0.103. The fraction of sp³-hybridized carbons (Fsp3) is 0.0476. The Hall–Kier alpha value is -2.69. The van der Waals surface area contributed by atoms with Crippen molar-refractivity contribution in [2.45, 2.75) is 6.54 Å². The van der Waals surface area contributed by atoms with E-state index in [9.17, 15) is 4.79 Å². The Morgan fingerprint density at radius 2 is 1.58 bits per heavy atom. The number of anilines is 1.